The lowest BCUT2D eigenvalue weighted by molar-refractivity contribution is 0.251. The molecule has 0 aliphatic rings. The van der Waals surface area contributed by atoms with Gasteiger partial charge in [0.1, 0.15) is 5.75 Å². The molecule has 0 aromatic heterocycles. The van der Waals surface area contributed by atoms with Crippen molar-refractivity contribution in [3.05, 3.63) is 60.2 Å². The van der Waals surface area contributed by atoms with Crippen molar-refractivity contribution >= 4 is 11.7 Å². The van der Waals surface area contributed by atoms with Crippen molar-refractivity contribution in [2.75, 3.05) is 19.0 Å². The van der Waals surface area contributed by atoms with Crippen molar-refractivity contribution in [3.63, 3.8) is 0 Å². The van der Waals surface area contributed by atoms with Crippen LogP contribution in [0.2, 0.25) is 0 Å². The number of nitrogens with one attached hydrogen (secondary N) is 2. The van der Waals surface area contributed by atoms with Gasteiger partial charge < -0.3 is 15.4 Å². The average Bonchev–Trinajstić information content (AvgIpc) is 2.54. The predicted octanol–water partition coefficient (Wildman–Crippen LogP) is 3.62. The summed E-state index contributed by atoms with van der Waals surface area (Å²) >= 11 is 0. The summed E-state index contributed by atoms with van der Waals surface area (Å²) in [4.78, 5) is 11.9. The summed E-state index contributed by atoms with van der Waals surface area (Å²) in [6.45, 7) is 2.66. The smallest absolute Gasteiger partial charge is 0.319 e. The van der Waals surface area contributed by atoms with Gasteiger partial charge in [-0.1, -0.05) is 49.4 Å². The highest BCUT2D eigenvalue weighted by atomic mass is 16.5. The third kappa shape index (κ3) is 4.24. The van der Waals surface area contributed by atoms with Crippen LogP contribution in [0.1, 0.15) is 18.4 Å². The number of carbonyl (C=O) groups excluding carboxylic acids is 1. The van der Waals surface area contributed by atoms with Crippen LogP contribution in [0, 0.1) is 0 Å². The minimum Gasteiger partial charge on any atom is -0.495 e. The predicted molar refractivity (Wildman–Crippen MR) is 84.9 cm³/mol. The molecule has 2 rings (SSSR count). The Morgan fingerprint density at radius 2 is 1.76 bits per heavy atom. The number of methoxy groups -OCH3 is 1. The van der Waals surface area contributed by atoms with Crippen LogP contribution in [0.25, 0.3) is 0 Å². The van der Waals surface area contributed by atoms with Crippen molar-refractivity contribution in [2.45, 2.75) is 12.8 Å². The molecule has 2 N–H and O–H groups in total. The first-order valence-electron chi connectivity index (χ1n) is 6.93. The van der Waals surface area contributed by atoms with Crippen molar-refractivity contribution < 1.29 is 9.53 Å². The molecule has 0 saturated carbocycles. The first kappa shape index (κ1) is 14.9. The summed E-state index contributed by atoms with van der Waals surface area (Å²) in [6.07, 6.45) is 0. The van der Waals surface area contributed by atoms with E-state index < -0.39 is 0 Å². The zero-order chi connectivity index (χ0) is 15.1. The van der Waals surface area contributed by atoms with Crippen LogP contribution in [0.5, 0.6) is 5.75 Å². The van der Waals surface area contributed by atoms with Gasteiger partial charge in [0.15, 0.2) is 0 Å². The minimum atomic E-state index is -0.234. The van der Waals surface area contributed by atoms with Gasteiger partial charge in [-0.15, -0.1) is 0 Å². The molecule has 0 bridgehead atoms. The number of ether oxygens (including phenoxy) is 1. The topological polar surface area (TPSA) is 50.4 Å². The molecule has 0 aliphatic carbocycles. The lowest BCUT2D eigenvalue weighted by Gasteiger charge is -2.14. The van der Waals surface area contributed by atoms with Crippen LogP contribution in [-0.2, 0) is 0 Å². The second-order valence-electron chi connectivity index (χ2n) is 4.85. The van der Waals surface area contributed by atoms with Crippen LogP contribution >= 0.6 is 0 Å². The van der Waals surface area contributed by atoms with E-state index in [1.54, 1.807) is 13.2 Å². The Bertz CT molecular complexity index is 584. The molecule has 4 nitrogen and oxygen atoms in total. The number of hydrogen-bond donors (Lipinski definition) is 2. The normalized spacial score (nSPS) is 11.5. The first-order valence-corrected chi connectivity index (χ1v) is 6.93. The van der Waals surface area contributed by atoms with Gasteiger partial charge in [-0.3, -0.25) is 0 Å². The van der Waals surface area contributed by atoms with Gasteiger partial charge >= 0.3 is 6.03 Å². The third-order valence-electron chi connectivity index (χ3n) is 3.29. The lowest BCUT2D eigenvalue weighted by atomic mass is 10.0. The minimum absolute atomic E-state index is 0.234. The van der Waals surface area contributed by atoms with Crippen molar-refractivity contribution in [1.29, 1.82) is 0 Å². The van der Waals surface area contributed by atoms with Gasteiger partial charge in [-0.2, -0.15) is 0 Å². The Morgan fingerprint density at radius 1 is 1.10 bits per heavy atom. The highest BCUT2D eigenvalue weighted by molar-refractivity contribution is 5.90. The first-order chi connectivity index (χ1) is 10.2. The second kappa shape index (κ2) is 7.33. The number of carbonyl (C=O) groups is 1. The maximum absolute atomic E-state index is 11.9. The molecular formula is C17H20N2O2. The zero-order valence-electron chi connectivity index (χ0n) is 12.3. The third-order valence-corrected chi connectivity index (χ3v) is 3.29. The maximum atomic E-state index is 11.9. The number of para-hydroxylation sites is 2. The molecule has 110 valence electrons. The molecule has 2 amide bonds. The zero-order valence-corrected chi connectivity index (χ0v) is 12.3. The molecule has 21 heavy (non-hydrogen) atoms. The molecule has 0 heterocycles. The highest BCUT2D eigenvalue weighted by Gasteiger charge is 2.09. The Hall–Kier alpha value is -2.49. The average molecular weight is 284 g/mol. The van der Waals surface area contributed by atoms with E-state index in [1.165, 1.54) is 5.56 Å². The van der Waals surface area contributed by atoms with Crippen molar-refractivity contribution in [3.8, 4) is 5.75 Å². The fourth-order valence-electron chi connectivity index (χ4n) is 2.06. The van der Waals surface area contributed by atoms with Gasteiger partial charge in [-0.25, -0.2) is 4.79 Å². The van der Waals surface area contributed by atoms with E-state index in [-0.39, 0.29) is 11.9 Å². The lowest BCUT2D eigenvalue weighted by Crippen LogP contribution is -2.31. The number of benzene rings is 2. The molecule has 4 heteroatoms. The summed E-state index contributed by atoms with van der Waals surface area (Å²) < 4.78 is 5.20. The molecular weight excluding hydrogens is 264 g/mol. The van der Waals surface area contributed by atoms with Gasteiger partial charge in [-0.05, 0) is 23.6 Å². The summed E-state index contributed by atoms with van der Waals surface area (Å²) in [5.74, 6) is 0.901. The van der Waals surface area contributed by atoms with Crippen molar-refractivity contribution in [1.82, 2.24) is 5.32 Å². The molecule has 0 fully saturated rings. The summed E-state index contributed by atoms with van der Waals surface area (Å²) in [7, 11) is 1.58. The van der Waals surface area contributed by atoms with E-state index in [1.807, 2.05) is 36.4 Å². The Morgan fingerprint density at radius 3 is 2.48 bits per heavy atom. The number of rotatable bonds is 5. The summed E-state index contributed by atoms with van der Waals surface area (Å²) in [5.41, 5.74) is 1.86. The van der Waals surface area contributed by atoms with E-state index in [0.29, 0.717) is 18.0 Å². The van der Waals surface area contributed by atoms with Crippen LogP contribution < -0.4 is 15.4 Å². The molecule has 0 spiro atoms. The maximum Gasteiger partial charge on any atom is 0.319 e. The number of anilines is 1. The fraction of sp³-hybridized carbons (Fsp3) is 0.235. The number of urea groups is 1. The second-order valence-corrected chi connectivity index (χ2v) is 4.85. The largest absolute Gasteiger partial charge is 0.495 e. The molecule has 2 aromatic carbocycles. The summed E-state index contributed by atoms with van der Waals surface area (Å²) in [5, 5.41) is 5.67. The van der Waals surface area contributed by atoms with E-state index in [2.05, 4.69) is 29.7 Å². The summed E-state index contributed by atoms with van der Waals surface area (Å²) in [6, 6.07) is 17.2. The highest BCUT2D eigenvalue weighted by Crippen LogP contribution is 2.22. The van der Waals surface area contributed by atoms with E-state index >= 15 is 0 Å². The van der Waals surface area contributed by atoms with Crippen LogP contribution in [0.4, 0.5) is 10.5 Å². The number of hydrogen-bond acceptors (Lipinski definition) is 2. The molecule has 0 radical (unpaired) electrons. The van der Waals surface area contributed by atoms with E-state index in [9.17, 15) is 4.79 Å². The van der Waals surface area contributed by atoms with E-state index in [0.717, 1.165) is 0 Å². The molecule has 0 saturated heterocycles. The standard InChI is InChI=1S/C17H20N2O2/c1-13(14-8-4-3-5-9-14)12-18-17(20)19-15-10-6-7-11-16(15)21-2/h3-11,13H,12H2,1-2H3,(H2,18,19,20)/t13-/m1/s1. The monoisotopic (exact) mass is 284 g/mol. The van der Waals surface area contributed by atoms with Crippen molar-refractivity contribution in [2.24, 2.45) is 0 Å². The number of amides is 2. The molecule has 2 aromatic rings. The SMILES string of the molecule is COc1ccccc1NC(=O)NC[C@@H](C)c1ccccc1. The molecule has 1 atom stereocenters. The van der Waals surface area contributed by atoms with E-state index in [4.69, 9.17) is 4.74 Å². The molecule has 0 unspecified atom stereocenters. The van der Waals surface area contributed by atoms with Gasteiger partial charge in [0.2, 0.25) is 0 Å². The fourth-order valence-corrected chi connectivity index (χ4v) is 2.06. The van der Waals surface area contributed by atoms with Gasteiger partial charge in [0, 0.05) is 6.54 Å². The van der Waals surface area contributed by atoms with Crippen LogP contribution in [-0.4, -0.2) is 19.7 Å². The van der Waals surface area contributed by atoms with Crippen LogP contribution in [0.3, 0.4) is 0 Å². The van der Waals surface area contributed by atoms with Gasteiger partial charge in [0.05, 0.1) is 12.8 Å². The van der Waals surface area contributed by atoms with Crippen LogP contribution in [0.15, 0.2) is 54.6 Å². The Balaban J connectivity index is 1.88. The molecule has 0 aliphatic heterocycles. The van der Waals surface area contributed by atoms with Gasteiger partial charge in [0.25, 0.3) is 0 Å². The Labute approximate surface area is 125 Å². The quantitative estimate of drug-likeness (QED) is 0.881. The Kier molecular flexibility index (Phi) is 5.21.